The molecule has 1 atom stereocenters. The van der Waals surface area contributed by atoms with Gasteiger partial charge in [0.15, 0.2) is 0 Å². The summed E-state index contributed by atoms with van der Waals surface area (Å²) in [5, 5.41) is 12.0. The molecular formula is C10H16N2OS. The second kappa shape index (κ2) is 6.81. The lowest BCUT2D eigenvalue weighted by atomic mass is 10.2. The summed E-state index contributed by atoms with van der Waals surface area (Å²) in [4.78, 5) is 5.18. The van der Waals surface area contributed by atoms with Crippen LogP contribution in [0.15, 0.2) is 29.4 Å². The van der Waals surface area contributed by atoms with Crippen molar-refractivity contribution in [3.63, 3.8) is 0 Å². The molecule has 4 heteroatoms. The van der Waals surface area contributed by atoms with Crippen molar-refractivity contribution in [2.75, 3.05) is 19.4 Å². The van der Waals surface area contributed by atoms with Gasteiger partial charge in [0.05, 0.1) is 0 Å². The van der Waals surface area contributed by atoms with Gasteiger partial charge in [-0.2, -0.15) is 0 Å². The first-order valence-corrected chi connectivity index (χ1v) is 5.66. The number of aliphatic hydroxyl groups is 1. The lowest BCUT2D eigenvalue weighted by Gasteiger charge is -2.13. The van der Waals surface area contributed by atoms with Crippen LogP contribution >= 0.6 is 11.8 Å². The van der Waals surface area contributed by atoms with Gasteiger partial charge in [-0.3, -0.25) is 4.98 Å². The zero-order valence-electron chi connectivity index (χ0n) is 8.31. The fourth-order valence-electron chi connectivity index (χ4n) is 1.10. The highest BCUT2D eigenvalue weighted by molar-refractivity contribution is 7.99. The maximum absolute atomic E-state index is 8.81. The van der Waals surface area contributed by atoms with Crippen LogP contribution in [0.4, 0.5) is 0 Å². The van der Waals surface area contributed by atoms with Crippen LogP contribution in [0.25, 0.3) is 0 Å². The molecule has 0 saturated carbocycles. The number of hydrogen-bond acceptors (Lipinski definition) is 4. The van der Waals surface area contributed by atoms with Crippen molar-refractivity contribution < 1.29 is 5.11 Å². The fourth-order valence-corrected chi connectivity index (χ4v) is 2.14. The Kier molecular flexibility index (Phi) is 5.59. The van der Waals surface area contributed by atoms with E-state index in [-0.39, 0.29) is 6.61 Å². The molecule has 2 N–H and O–H groups in total. The first-order chi connectivity index (χ1) is 6.86. The lowest BCUT2D eigenvalue weighted by molar-refractivity contribution is 0.273. The maximum atomic E-state index is 8.81. The average Bonchev–Trinajstić information content (AvgIpc) is 2.25. The van der Waals surface area contributed by atoms with E-state index in [4.69, 9.17) is 5.11 Å². The molecule has 3 nitrogen and oxygen atoms in total. The number of thioether (sulfide) groups is 1. The van der Waals surface area contributed by atoms with Crippen LogP contribution < -0.4 is 5.32 Å². The molecule has 0 amide bonds. The van der Waals surface area contributed by atoms with Crippen LogP contribution in [-0.4, -0.2) is 35.5 Å². The minimum Gasteiger partial charge on any atom is -0.396 e. The monoisotopic (exact) mass is 212 g/mol. The number of hydrogen-bond donors (Lipinski definition) is 2. The summed E-state index contributed by atoms with van der Waals surface area (Å²) in [7, 11) is 1.92. The average molecular weight is 212 g/mol. The molecule has 0 aromatic carbocycles. The van der Waals surface area contributed by atoms with E-state index in [2.05, 4.69) is 10.3 Å². The van der Waals surface area contributed by atoms with Crippen molar-refractivity contribution in [3.8, 4) is 0 Å². The van der Waals surface area contributed by atoms with E-state index >= 15 is 0 Å². The largest absolute Gasteiger partial charge is 0.396 e. The molecule has 0 aliphatic heterocycles. The highest BCUT2D eigenvalue weighted by Crippen LogP contribution is 2.17. The normalized spacial score (nSPS) is 12.7. The molecule has 1 rings (SSSR count). The molecule has 0 aliphatic rings. The minimum atomic E-state index is 0.239. The van der Waals surface area contributed by atoms with Gasteiger partial charge < -0.3 is 10.4 Å². The van der Waals surface area contributed by atoms with Gasteiger partial charge in [0.1, 0.15) is 0 Å². The topological polar surface area (TPSA) is 45.1 Å². The van der Waals surface area contributed by atoms with Gasteiger partial charge in [-0.25, -0.2) is 0 Å². The number of nitrogens with zero attached hydrogens (tertiary/aromatic N) is 1. The molecule has 78 valence electrons. The SMILES string of the molecule is CNC(CCO)CSc1ccncc1. The summed E-state index contributed by atoms with van der Waals surface area (Å²) in [6.07, 6.45) is 4.39. The molecule has 1 heterocycles. The lowest BCUT2D eigenvalue weighted by Crippen LogP contribution is -2.28. The van der Waals surface area contributed by atoms with Gasteiger partial charge in [-0.15, -0.1) is 11.8 Å². The van der Waals surface area contributed by atoms with Crippen molar-refractivity contribution >= 4 is 11.8 Å². The van der Waals surface area contributed by atoms with Crippen LogP contribution in [0, 0.1) is 0 Å². The Morgan fingerprint density at radius 1 is 1.50 bits per heavy atom. The molecule has 0 spiro atoms. The molecule has 0 saturated heterocycles. The Bertz CT molecular complexity index is 243. The van der Waals surface area contributed by atoms with E-state index < -0.39 is 0 Å². The van der Waals surface area contributed by atoms with Gasteiger partial charge in [-0.1, -0.05) is 0 Å². The van der Waals surface area contributed by atoms with E-state index in [0.29, 0.717) is 6.04 Å². The number of pyridine rings is 1. The minimum absolute atomic E-state index is 0.239. The van der Waals surface area contributed by atoms with Crippen molar-refractivity contribution in [1.82, 2.24) is 10.3 Å². The van der Waals surface area contributed by atoms with E-state index in [0.717, 1.165) is 12.2 Å². The van der Waals surface area contributed by atoms with E-state index in [1.54, 1.807) is 24.2 Å². The number of nitrogens with one attached hydrogen (secondary N) is 1. The highest BCUT2D eigenvalue weighted by Gasteiger charge is 2.05. The molecular weight excluding hydrogens is 196 g/mol. The second-order valence-electron chi connectivity index (χ2n) is 2.99. The molecule has 0 fully saturated rings. The van der Waals surface area contributed by atoms with Crippen LogP contribution in [-0.2, 0) is 0 Å². The molecule has 0 radical (unpaired) electrons. The number of rotatable bonds is 6. The predicted molar refractivity (Wildman–Crippen MR) is 59.5 cm³/mol. The summed E-state index contributed by atoms with van der Waals surface area (Å²) in [6.45, 7) is 0.239. The molecule has 1 aromatic rings. The summed E-state index contributed by atoms with van der Waals surface area (Å²) in [6, 6.07) is 4.37. The van der Waals surface area contributed by atoms with Crippen molar-refractivity contribution in [3.05, 3.63) is 24.5 Å². The maximum Gasteiger partial charge on any atom is 0.0446 e. The van der Waals surface area contributed by atoms with E-state index in [9.17, 15) is 0 Å². The van der Waals surface area contributed by atoms with E-state index in [1.165, 1.54) is 4.90 Å². The zero-order chi connectivity index (χ0) is 10.2. The van der Waals surface area contributed by atoms with Crippen LogP contribution in [0.5, 0.6) is 0 Å². The van der Waals surface area contributed by atoms with Crippen LogP contribution in [0.3, 0.4) is 0 Å². The quantitative estimate of drug-likeness (QED) is 0.694. The molecule has 0 bridgehead atoms. The molecule has 14 heavy (non-hydrogen) atoms. The third-order valence-corrected chi connectivity index (χ3v) is 3.16. The Morgan fingerprint density at radius 3 is 2.79 bits per heavy atom. The fraction of sp³-hybridized carbons (Fsp3) is 0.500. The van der Waals surface area contributed by atoms with Crippen molar-refractivity contribution in [2.24, 2.45) is 0 Å². The Balaban J connectivity index is 2.32. The smallest absolute Gasteiger partial charge is 0.0446 e. The van der Waals surface area contributed by atoms with Crippen LogP contribution in [0.1, 0.15) is 6.42 Å². The first kappa shape index (κ1) is 11.5. The zero-order valence-corrected chi connectivity index (χ0v) is 9.13. The van der Waals surface area contributed by atoms with Gasteiger partial charge in [0.2, 0.25) is 0 Å². The van der Waals surface area contributed by atoms with Gasteiger partial charge in [0, 0.05) is 35.7 Å². The summed E-state index contributed by atoms with van der Waals surface area (Å²) < 4.78 is 0. The standard InChI is InChI=1S/C10H16N2OS/c1-11-9(4-7-13)8-14-10-2-5-12-6-3-10/h2-3,5-6,9,11,13H,4,7-8H2,1H3. The molecule has 0 aliphatic carbocycles. The molecule has 1 unspecified atom stereocenters. The van der Waals surface area contributed by atoms with E-state index in [1.807, 2.05) is 19.2 Å². The number of aromatic nitrogens is 1. The number of aliphatic hydroxyl groups excluding tert-OH is 1. The molecule has 1 aromatic heterocycles. The van der Waals surface area contributed by atoms with Crippen molar-refractivity contribution in [2.45, 2.75) is 17.4 Å². The second-order valence-corrected chi connectivity index (χ2v) is 4.09. The van der Waals surface area contributed by atoms with Gasteiger partial charge in [0.25, 0.3) is 0 Å². The predicted octanol–water partition coefficient (Wildman–Crippen LogP) is 1.14. The van der Waals surface area contributed by atoms with Crippen LogP contribution in [0.2, 0.25) is 0 Å². The highest BCUT2D eigenvalue weighted by atomic mass is 32.2. The van der Waals surface area contributed by atoms with Crippen molar-refractivity contribution in [1.29, 1.82) is 0 Å². The summed E-state index contributed by atoms with van der Waals surface area (Å²) >= 11 is 1.78. The van der Waals surface area contributed by atoms with Gasteiger partial charge in [-0.05, 0) is 25.6 Å². The van der Waals surface area contributed by atoms with Gasteiger partial charge >= 0.3 is 0 Å². The first-order valence-electron chi connectivity index (χ1n) is 4.67. The third kappa shape index (κ3) is 4.09. The summed E-state index contributed by atoms with van der Waals surface area (Å²) in [5.74, 6) is 0.973. The Labute approximate surface area is 88.9 Å². The summed E-state index contributed by atoms with van der Waals surface area (Å²) in [5.41, 5.74) is 0. The Morgan fingerprint density at radius 2 is 2.21 bits per heavy atom. The third-order valence-electron chi connectivity index (χ3n) is 1.99. The Hall–Kier alpha value is -0.580.